The summed E-state index contributed by atoms with van der Waals surface area (Å²) in [5.74, 6) is 0. The van der Waals surface area contributed by atoms with Crippen LogP contribution in [0.15, 0.2) is 176 Å². The van der Waals surface area contributed by atoms with Crippen molar-refractivity contribution in [3.05, 3.63) is 198 Å². The second-order valence-corrected chi connectivity index (χ2v) is 20.7. The Morgan fingerprint density at radius 3 is 1.35 bits per heavy atom. The molecule has 12 rings (SSSR count). The molecule has 1 aliphatic carbocycles. The molecule has 0 spiro atoms. The maximum absolute atomic E-state index is 2.48. The van der Waals surface area contributed by atoms with Gasteiger partial charge >= 0.3 is 0 Å². The molecule has 8 aromatic carbocycles. The minimum Gasteiger partial charge on any atom is -0.347 e. The molecule has 11 aromatic rings. The molecule has 0 saturated heterocycles. The number of para-hydroxylation sites is 1. The molecule has 1 aliphatic rings. The van der Waals surface area contributed by atoms with Gasteiger partial charge in [-0.25, -0.2) is 0 Å². The summed E-state index contributed by atoms with van der Waals surface area (Å²) in [4.78, 5) is 0. The van der Waals surface area contributed by atoms with E-state index < -0.39 is 0 Å². The van der Waals surface area contributed by atoms with Crippen molar-refractivity contribution in [3.63, 3.8) is 0 Å². The Hall–Kier alpha value is -7.36. The highest BCUT2D eigenvalue weighted by Crippen LogP contribution is 2.41. The Kier molecular flexibility index (Phi) is 9.03. The van der Waals surface area contributed by atoms with Gasteiger partial charge in [0.15, 0.2) is 0 Å². The van der Waals surface area contributed by atoms with Gasteiger partial charge in [0.2, 0.25) is 0 Å². The smallest absolute Gasteiger partial charge is 0.0541 e. The highest BCUT2D eigenvalue weighted by Gasteiger charge is 2.22. The monoisotopic (exact) mass is 853 g/mol. The Balaban J connectivity index is 0.953. The summed E-state index contributed by atoms with van der Waals surface area (Å²) in [5, 5.41) is 6.44. The van der Waals surface area contributed by atoms with Gasteiger partial charge in [-0.05, 0) is 159 Å². The largest absolute Gasteiger partial charge is 0.347 e. The van der Waals surface area contributed by atoms with E-state index in [1.165, 1.54) is 122 Å². The SMILES string of the molecule is Cn1c2c(c3cc(-n4c5ccc(-c6cccc(-c7cccc(-c8ccc9c(c8)c8cc(C(C)(C)C)ccc8n9-c8ccccc8)c7)c6)cc5c5cc(C(C)(C)C)ccc54)ccc31)C=CCC2. The Morgan fingerprint density at radius 2 is 0.833 bits per heavy atom. The summed E-state index contributed by atoms with van der Waals surface area (Å²) in [6.07, 6.45) is 6.84. The van der Waals surface area contributed by atoms with E-state index in [1.807, 2.05) is 0 Å². The van der Waals surface area contributed by atoms with Crippen molar-refractivity contribution in [3.8, 4) is 44.8 Å². The van der Waals surface area contributed by atoms with Crippen LogP contribution in [0.3, 0.4) is 0 Å². The van der Waals surface area contributed by atoms with Gasteiger partial charge in [-0.1, -0.05) is 133 Å². The molecule has 0 amide bonds. The molecule has 0 N–H and O–H groups in total. The molecule has 0 saturated carbocycles. The maximum Gasteiger partial charge on any atom is 0.0541 e. The average Bonchev–Trinajstić information content (AvgIpc) is 3.95. The molecule has 3 heterocycles. The molecule has 0 bridgehead atoms. The third kappa shape index (κ3) is 6.47. The highest BCUT2D eigenvalue weighted by molar-refractivity contribution is 6.12. The summed E-state index contributed by atoms with van der Waals surface area (Å²) in [5.41, 5.74) is 21.4. The molecule has 322 valence electrons. The normalized spacial score (nSPS) is 13.2. The van der Waals surface area contributed by atoms with Crippen molar-refractivity contribution in [2.75, 3.05) is 0 Å². The van der Waals surface area contributed by atoms with E-state index in [9.17, 15) is 0 Å². The lowest BCUT2D eigenvalue weighted by Crippen LogP contribution is -2.10. The van der Waals surface area contributed by atoms with Crippen LogP contribution in [0.4, 0.5) is 0 Å². The van der Waals surface area contributed by atoms with Crippen LogP contribution in [0.5, 0.6) is 0 Å². The van der Waals surface area contributed by atoms with Gasteiger partial charge in [-0.2, -0.15) is 0 Å². The first-order chi connectivity index (χ1) is 31.9. The summed E-state index contributed by atoms with van der Waals surface area (Å²) in [7, 11) is 2.22. The zero-order chi connectivity index (χ0) is 45.1. The summed E-state index contributed by atoms with van der Waals surface area (Å²) >= 11 is 0. The predicted molar refractivity (Wildman–Crippen MR) is 283 cm³/mol. The van der Waals surface area contributed by atoms with E-state index in [0.717, 1.165) is 12.8 Å². The van der Waals surface area contributed by atoms with Gasteiger partial charge in [-0.15, -0.1) is 0 Å². The summed E-state index contributed by atoms with van der Waals surface area (Å²) < 4.78 is 7.28. The lowest BCUT2D eigenvalue weighted by Gasteiger charge is -2.19. The molecular weight excluding hydrogens is 799 g/mol. The number of benzene rings is 8. The number of rotatable bonds is 5. The highest BCUT2D eigenvalue weighted by atomic mass is 15.0. The zero-order valence-corrected chi connectivity index (χ0v) is 39.1. The van der Waals surface area contributed by atoms with Gasteiger partial charge in [0.25, 0.3) is 0 Å². The molecule has 0 unspecified atom stereocenters. The fourth-order valence-corrected chi connectivity index (χ4v) is 10.8. The van der Waals surface area contributed by atoms with Crippen molar-refractivity contribution >= 4 is 60.6 Å². The van der Waals surface area contributed by atoms with Crippen LogP contribution in [0.2, 0.25) is 0 Å². The van der Waals surface area contributed by atoms with Crippen molar-refractivity contribution < 1.29 is 0 Å². The number of aryl methyl sites for hydroxylation is 1. The Bertz CT molecular complexity index is 3780. The van der Waals surface area contributed by atoms with E-state index in [4.69, 9.17) is 0 Å². The number of aromatic nitrogens is 3. The maximum atomic E-state index is 2.48. The quantitative estimate of drug-likeness (QED) is 0.164. The zero-order valence-electron chi connectivity index (χ0n) is 39.1. The van der Waals surface area contributed by atoms with E-state index >= 15 is 0 Å². The van der Waals surface area contributed by atoms with Crippen LogP contribution < -0.4 is 0 Å². The van der Waals surface area contributed by atoms with E-state index in [-0.39, 0.29) is 10.8 Å². The van der Waals surface area contributed by atoms with Gasteiger partial charge in [0.05, 0.1) is 22.1 Å². The Labute approximate surface area is 387 Å². The summed E-state index contributed by atoms with van der Waals surface area (Å²) in [6.45, 7) is 13.8. The van der Waals surface area contributed by atoms with Gasteiger partial charge in [0, 0.05) is 62.1 Å². The standard InChI is InChI=1S/C63H55N3/c1-62(2,3)46-25-30-60-53(37-46)51-35-44(23-28-58(51)65(60)48-19-9-8-10-20-48)42-17-13-15-40(33-42)41-16-14-18-43(34-41)45-24-29-59-52(36-45)54-38-47(63(4,5)6)26-31-61(54)66(59)49-27-32-57-55(39-49)50-21-11-12-22-56(50)64(57)7/h8-11,13-21,23-39H,12,22H2,1-7H3. The van der Waals surface area contributed by atoms with Crippen LogP contribution in [0, 0.1) is 0 Å². The van der Waals surface area contributed by atoms with E-state index in [2.05, 4.69) is 244 Å². The fourth-order valence-electron chi connectivity index (χ4n) is 10.8. The third-order valence-electron chi connectivity index (χ3n) is 14.4. The molecule has 0 atom stereocenters. The van der Waals surface area contributed by atoms with Crippen molar-refractivity contribution in [2.24, 2.45) is 7.05 Å². The predicted octanol–water partition coefficient (Wildman–Crippen LogP) is 16.9. The molecule has 3 nitrogen and oxygen atoms in total. The second-order valence-electron chi connectivity index (χ2n) is 20.7. The first-order valence-corrected chi connectivity index (χ1v) is 23.6. The van der Waals surface area contributed by atoms with Gasteiger partial charge in [-0.3, -0.25) is 0 Å². The van der Waals surface area contributed by atoms with Crippen LogP contribution in [0.25, 0.3) is 105 Å². The molecule has 3 aromatic heterocycles. The third-order valence-corrected chi connectivity index (χ3v) is 14.4. The minimum absolute atomic E-state index is 0.0278. The lowest BCUT2D eigenvalue weighted by atomic mass is 9.86. The molecule has 3 heteroatoms. The molecule has 66 heavy (non-hydrogen) atoms. The Morgan fingerprint density at radius 1 is 0.379 bits per heavy atom. The molecule has 0 radical (unpaired) electrons. The number of hydrogen-bond donors (Lipinski definition) is 0. The number of nitrogens with zero attached hydrogens (tertiary/aromatic N) is 3. The first kappa shape index (κ1) is 40.2. The van der Waals surface area contributed by atoms with Crippen LogP contribution in [0.1, 0.15) is 70.3 Å². The van der Waals surface area contributed by atoms with E-state index in [0.29, 0.717) is 0 Å². The van der Waals surface area contributed by atoms with Crippen LogP contribution >= 0.6 is 0 Å². The van der Waals surface area contributed by atoms with Gasteiger partial charge < -0.3 is 13.7 Å². The lowest BCUT2D eigenvalue weighted by molar-refractivity contribution is 0.591. The van der Waals surface area contributed by atoms with Gasteiger partial charge in [0.1, 0.15) is 0 Å². The second kappa shape index (κ2) is 14.8. The van der Waals surface area contributed by atoms with Crippen LogP contribution in [-0.2, 0) is 24.3 Å². The first-order valence-electron chi connectivity index (χ1n) is 23.6. The molecule has 0 fully saturated rings. The van der Waals surface area contributed by atoms with Crippen molar-refractivity contribution in [1.29, 1.82) is 0 Å². The topological polar surface area (TPSA) is 14.8 Å². The minimum atomic E-state index is 0.0278. The van der Waals surface area contributed by atoms with Crippen LogP contribution in [-0.4, -0.2) is 13.7 Å². The fraction of sp³-hybridized carbons (Fsp3) is 0.175. The molecule has 0 aliphatic heterocycles. The number of allylic oxidation sites excluding steroid dienone is 1. The number of fused-ring (bicyclic) bond motifs is 9. The summed E-state index contributed by atoms with van der Waals surface area (Å²) in [6, 6.07) is 64.2. The van der Waals surface area contributed by atoms with E-state index in [1.54, 1.807) is 0 Å². The number of hydrogen-bond acceptors (Lipinski definition) is 0. The average molecular weight is 854 g/mol. The van der Waals surface area contributed by atoms with Crippen molar-refractivity contribution in [2.45, 2.75) is 65.2 Å². The van der Waals surface area contributed by atoms with Crippen molar-refractivity contribution in [1.82, 2.24) is 13.7 Å². The molecular formula is C63H55N3.